The number of nitrogens with one attached hydrogen (secondary N) is 1. The molecule has 1 unspecified atom stereocenters. The Bertz CT molecular complexity index is 754. The fourth-order valence-electron chi connectivity index (χ4n) is 2.20. The molecule has 0 aromatic heterocycles. The van der Waals surface area contributed by atoms with Crippen LogP contribution in [0.5, 0.6) is 11.5 Å². The number of nitriles is 1. The molecule has 0 fully saturated rings. The van der Waals surface area contributed by atoms with Gasteiger partial charge in [0.1, 0.15) is 23.2 Å². The van der Waals surface area contributed by atoms with Crippen LogP contribution in [0.1, 0.15) is 5.56 Å². The van der Waals surface area contributed by atoms with Crippen LogP contribution in [0.15, 0.2) is 42.5 Å². The second kappa shape index (κ2) is 7.97. The normalized spacial score (nSPS) is 11.2. The molecule has 0 aliphatic heterocycles. The number of hydrogen-bond donors (Lipinski definition) is 1. The van der Waals surface area contributed by atoms with E-state index in [1.807, 2.05) is 6.07 Å². The highest BCUT2D eigenvalue weighted by atomic mass is 19.1. The molecule has 0 spiro atoms. The standard InChI is InChI=1S/C18H17FN2O3/c1-23-16-8-3-12(17(10-16)24-2)9-13(11-20)18(22)21-15-6-4-14(19)5-7-15/h3-8,10,13H,9H2,1-2H3,(H,21,22). The van der Waals surface area contributed by atoms with Gasteiger partial charge in [-0.25, -0.2) is 4.39 Å². The SMILES string of the molecule is COc1ccc(CC(C#N)C(=O)Nc2ccc(F)cc2)c(OC)c1. The van der Waals surface area contributed by atoms with Crippen molar-refractivity contribution in [2.45, 2.75) is 6.42 Å². The highest BCUT2D eigenvalue weighted by Crippen LogP contribution is 2.27. The van der Waals surface area contributed by atoms with Crippen molar-refractivity contribution in [2.24, 2.45) is 5.92 Å². The van der Waals surface area contributed by atoms with Crippen LogP contribution in [0.4, 0.5) is 10.1 Å². The highest BCUT2D eigenvalue weighted by molar-refractivity contribution is 5.94. The van der Waals surface area contributed by atoms with Gasteiger partial charge >= 0.3 is 0 Å². The van der Waals surface area contributed by atoms with Gasteiger partial charge in [-0.1, -0.05) is 6.07 Å². The summed E-state index contributed by atoms with van der Waals surface area (Å²) in [6, 6.07) is 12.5. The van der Waals surface area contributed by atoms with E-state index >= 15 is 0 Å². The Kier molecular flexibility index (Phi) is 5.74. The van der Waals surface area contributed by atoms with E-state index in [9.17, 15) is 14.4 Å². The second-order valence-electron chi connectivity index (χ2n) is 5.06. The summed E-state index contributed by atoms with van der Waals surface area (Å²) in [6.45, 7) is 0. The molecule has 1 atom stereocenters. The third-order valence-corrected chi connectivity index (χ3v) is 3.50. The first-order valence-electron chi connectivity index (χ1n) is 7.24. The smallest absolute Gasteiger partial charge is 0.242 e. The zero-order chi connectivity index (χ0) is 17.5. The van der Waals surface area contributed by atoms with Crippen LogP contribution in [-0.2, 0) is 11.2 Å². The Labute approximate surface area is 139 Å². The molecular weight excluding hydrogens is 311 g/mol. The number of ether oxygens (including phenoxy) is 2. The van der Waals surface area contributed by atoms with Gasteiger partial charge < -0.3 is 14.8 Å². The largest absolute Gasteiger partial charge is 0.497 e. The molecule has 1 N–H and O–H groups in total. The van der Waals surface area contributed by atoms with Gasteiger partial charge in [0.25, 0.3) is 0 Å². The number of hydrogen-bond acceptors (Lipinski definition) is 4. The van der Waals surface area contributed by atoms with Crippen LogP contribution in [0, 0.1) is 23.1 Å². The third kappa shape index (κ3) is 4.23. The van der Waals surface area contributed by atoms with Crippen molar-refractivity contribution in [3.05, 3.63) is 53.8 Å². The van der Waals surface area contributed by atoms with E-state index in [2.05, 4.69) is 5.32 Å². The average molecular weight is 328 g/mol. The maximum atomic E-state index is 12.9. The minimum absolute atomic E-state index is 0.191. The lowest BCUT2D eigenvalue weighted by Gasteiger charge is -2.14. The lowest BCUT2D eigenvalue weighted by molar-refractivity contribution is -0.118. The summed E-state index contributed by atoms with van der Waals surface area (Å²) in [7, 11) is 3.06. The van der Waals surface area contributed by atoms with Gasteiger partial charge in [0.05, 0.1) is 20.3 Å². The van der Waals surface area contributed by atoms with Crippen molar-refractivity contribution >= 4 is 11.6 Å². The molecule has 0 aliphatic rings. The molecule has 5 nitrogen and oxygen atoms in total. The molecule has 0 aliphatic carbocycles. The number of nitrogens with zero attached hydrogens (tertiary/aromatic N) is 1. The van der Waals surface area contributed by atoms with Crippen molar-refractivity contribution in [2.75, 3.05) is 19.5 Å². The third-order valence-electron chi connectivity index (χ3n) is 3.50. The summed E-state index contributed by atoms with van der Waals surface area (Å²) in [5.74, 6) is -0.587. The molecule has 2 aromatic carbocycles. The molecule has 0 saturated heterocycles. The molecule has 0 bridgehead atoms. The first-order chi connectivity index (χ1) is 11.6. The minimum Gasteiger partial charge on any atom is -0.497 e. The zero-order valence-electron chi connectivity index (χ0n) is 13.4. The van der Waals surface area contributed by atoms with Crippen LogP contribution < -0.4 is 14.8 Å². The van der Waals surface area contributed by atoms with Crippen molar-refractivity contribution in [1.82, 2.24) is 0 Å². The molecule has 0 radical (unpaired) electrons. The Morgan fingerprint density at radius 3 is 2.50 bits per heavy atom. The van der Waals surface area contributed by atoms with Gasteiger partial charge in [-0.3, -0.25) is 4.79 Å². The predicted octanol–water partition coefficient (Wildman–Crippen LogP) is 3.16. The number of methoxy groups -OCH3 is 2. The maximum absolute atomic E-state index is 12.9. The fraction of sp³-hybridized carbons (Fsp3) is 0.222. The Balaban J connectivity index is 2.12. The van der Waals surface area contributed by atoms with Gasteiger partial charge in [0.2, 0.25) is 5.91 Å². The second-order valence-corrected chi connectivity index (χ2v) is 5.06. The molecule has 6 heteroatoms. The van der Waals surface area contributed by atoms with Crippen LogP contribution in [0.25, 0.3) is 0 Å². The van der Waals surface area contributed by atoms with E-state index in [0.29, 0.717) is 17.2 Å². The molecular formula is C18H17FN2O3. The quantitative estimate of drug-likeness (QED) is 0.884. The number of carbonyl (C=O) groups excluding carboxylic acids is 1. The maximum Gasteiger partial charge on any atom is 0.242 e. The van der Waals surface area contributed by atoms with Crippen LogP contribution in [-0.4, -0.2) is 20.1 Å². The van der Waals surface area contributed by atoms with Gasteiger partial charge in [-0.05, 0) is 35.9 Å². The number of halogens is 1. The number of benzene rings is 2. The summed E-state index contributed by atoms with van der Waals surface area (Å²) >= 11 is 0. The van der Waals surface area contributed by atoms with E-state index in [4.69, 9.17) is 9.47 Å². The van der Waals surface area contributed by atoms with E-state index in [1.165, 1.54) is 31.4 Å². The summed E-state index contributed by atoms with van der Waals surface area (Å²) in [4.78, 5) is 12.3. The van der Waals surface area contributed by atoms with Crippen molar-refractivity contribution in [1.29, 1.82) is 5.26 Å². The molecule has 0 heterocycles. The van der Waals surface area contributed by atoms with Crippen molar-refractivity contribution in [3.63, 3.8) is 0 Å². The Morgan fingerprint density at radius 1 is 1.21 bits per heavy atom. The van der Waals surface area contributed by atoms with Crippen LogP contribution >= 0.6 is 0 Å². The Morgan fingerprint density at radius 2 is 1.92 bits per heavy atom. The van der Waals surface area contributed by atoms with Gasteiger partial charge in [-0.15, -0.1) is 0 Å². The molecule has 2 rings (SSSR count). The zero-order valence-corrected chi connectivity index (χ0v) is 13.4. The van der Waals surface area contributed by atoms with Crippen molar-refractivity contribution < 1.29 is 18.7 Å². The summed E-state index contributed by atoms with van der Waals surface area (Å²) in [6.07, 6.45) is 0.191. The van der Waals surface area contributed by atoms with E-state index in [0.717, 1.165) is 5.56 Å². The average Bonchev–Trinajstić information content (AvgIpc) is 2.61. The summed E-state index contributed by atoms with van der Waals surface area (Å²) in [5, 5.41) is 11.9. The summed E-state index contributed by atoms with van der Waals surface area (Å²) < 4.78 is 23.3. The highest BCUT2D eigenvalue weighted by Gasteiger charge is 2.20. The fourth-order valence-corrected chi connectivity index (χ4v) is 2.20. The van der Waals surface area contributed by atoms with Gasteiger partial charge in [0.15, 0.2) is 0 Å². The number of anilines is 1. The first kappa shape index (κ1) is 17.3. The Hall–Kier alpha value is -3.07. The van der Waals surface area contributed by atoms with Gasteiger partial charge in [0, 0.05) is 18.2 Å². The minimum atomic E-state index is -0.905. The molecule has 124 valence electrons. The lowest BCUT2D eigenvalue weighted by Crippen LogP contribution is -2.23. The van der Waals surface area contributed by atoms with E-state index in [1.54, 1.807) is 25.3 Å². The van der Waals surface area contributed by atoms with Crippen molar-refractivity contribution in [3.8, 4) is 17.6 Å². The predicted molar refractivity (Wildman–Crippen MR) is 87.4 cm³/mol. The first-order valence-corrected chi connectivity index (χ1v) is 7.24. The van der Waals surface area contributed by atoms with Crippen LogP contribution in [0.3, 0.4) is 0 Å². The van der Waals surface area contributed by atoms with E-state index < -0.39 is 17.6 Å². The molecule has 1 amide bonds. The topological polar surface area (TPSA) is 71.3 Å². The number of carbonyl (C=O) groups is 1. The monoisotopic (exact) mass is 328 g/mol. The molecule has 2 aromatic rings. The summed E-state index contributed by atoms with van der Waals surface area (Å²) in [5.41, 5.74) is 1.16. The van der Waals surface area contributed by atoms with Gasteiger partial charge in [-0.2, -0.15) is 5.26 Å². The number of rotatable bonds is 6. The van der Waals surface area contributed by atoms with E-state index in [-0.39, 0.29) is 6.42 Å². The number of amides is 1. The van der Waals surface area contributed by atoms with Crippen LogP contribution in [0.2, 0.25) is 0 Å². The molecule has 24 heavy (non-hydrogen) atoms. The molecule has 0 saturated carbocycles. The lowest BCUT2D eigenvalue weighted by atomic mass is 9.98.